The molecule has 1 aliphatic carbocycles. The Morgan fingerprint density at radius 2 is 1.89 bits per heavy atom. The third-order valence-electron chi connectivity index (χ3n) is 3.89. The lowest BCUT2D eigenvalue weighted by Crippen LogP contribution is -2.46. The van der Waals surface area contributed by atoms with Crippen LogP contribution < -0.4 is 0 Å². The zero-order valence-electron chi connectivity index (χ0n) is 12.5. The zero-order valence-corrected chi connectivity index (χ0v) is 12.5. The fourth-order valence-electron chi connectivity index (χ4n) is 2.52. The Bertz CT molecular complexity index is 308. The second-order valence-corrected chi connectivity index (χ2v) is 6.72. The van der Waals surface area contributed by atoms with E-state index in [1.807, 2.05) is 0 Å². The van der Waals surface area contributed by atoms with Gasteiger partial charge >= 0.3 is 0 Å². The SMILES string of the molecule is COC1(C(O)CC#CC(C)(C)C)CCC(C)CC1. The average Bonchev–Trinajstić information content (AvgIpc) is 2.28. The second-order valence-electron chi connectivity index (χ2n) is 6.72. The van der Waals surface area contributed by atoms with Crippen molar-refractivity contribution < 1.29 is 9.84 Å². The molecule has 18 heavy (non-hydrogen) atoms. The van der Waals surface area contributed by atoms with Gasteiger partial charge in [-0.3, -0.25) is 0 Å². The van der Waals surface area contributed by atoms with Gasteiger partial charge in [0.1, 0.15) is 0 Å². The first-order valence-corrected chi connectivity index (χ1v) is 7.02. The number of ether oxygens (including phenoxy) is 1. The Morgan fingerprint density at radius 3 is 2.33 bits per heavy atom. The van der Waals surface area contributed by atoms with Gasteiger partial charge in [-0.05, 0) is 52.4 Å². The first-order valence-electron chi connectivity index (χ1n) is 7.02. The van der Waals surface area contributed by atoms with Crippen molar-refractivity contribution in [2.45, 2.75) is 71.5 Å². The lowest BCUT2D eigenvalue weighted by molar-refractivity contribution is -0.125. The van der Waals surface area contributed by atoms with Gasteiger partial charge in [0, 0.05) is 18.9 Å². The van der Waals surface area contributed by atoms with Crippen molar-refractivity contribution in [1.82, 2.24) is 0 Å². The molecule has 104 valence electrons. The summed E-state index contributed by atoms with van der Waals surface area (Å²) in [5.41, 5.74) is -0.361. The largest absolute Gasteiger partial charge is 0.389 e. The van der Waals surface area contributed by atoms with Crippen molar-refractivity contribution in [2.24, 2.45) is 11.3 Å². The van der Waals surface area contributed by atoms with Crippen LogP contribution in [0.1, 0.15) is 59.8 Å². The van der Waals surface area contributed by atoms with E-state index >= 15 is 0 Å². The number of aliphatic hydroxyl groups excluding tert-OH is 1. The van der Waals surface area contributed by atoms with E-state index in [0.29, 0.717) is 6.42 Å². The van der Waals surface area contributed by atoms with Crippen molar-refractivity contribution >= 4 is 0 Å². The minimum Gasteiger partial charge on any atom is -0.389 e. The number of methoxy groups -OCH3 is 1. The average molecular weight is 252 g/mol. The molecule has 1 N–H and O–H groups in total. The molecular formula is C16H28O2. The molecule has 0 heterocycles. The fraction of sp³-hybridized carbons (Fsp3) is 0.875. The van der Waals surface area contributed by atoms with Crippen LogP contribution in [0.2, 0.25) is 0 Å². The molecule has 0 amide bonds. The quantitative estimate of drug-likeness (QED) is 0.780. The third-order valence-corrected chi connectivity index (χ3v) is 3.89. The standard InChI is InChI=1S/C16H28O2/c1-13-8-11-16(18-5,12-9-13)14(17)7-6-10-15(2,3)4/h13-14,17H,7-9,11-12H2,1-5H3. The lowest BCUT2D eigenvalue weighted by Gasteiger charge is -2.41. The van der Waals surface area contributed by atoms with Gasteiger partial charge in [-0.25, -0.2) is 0 Å². The van der Waals surface area contributed by atoms with E-state index in [4.69, 9.17) is 4.74 Å². The van der Waals surface area contributed by atoms with Gasteiger partial charge in [-0.2, -0.15) is 0 Å². The molecule has 0 radical (unpaired) electrons. The van der Waals surface area contributed by atoms with Gasteiger partial charge in [0.2, 0.25) is 0 Å². The van der Waals surface area contributed by atoms with E-state index in [9.17, 15) is 5.11 Å². The Morgan fingerprint density at radius 1 is 1.33 bits per heavy atom. The third kappa shape index (κ3) is 4.30. The molecule has 0 aliphatic heterocycles. The maximum atomic E-state index is 10.4. The summed E-state index contributed by atoms with van der Waals surface area (Å²) < 4.78 is 5.65. The molecule has 1 atom stereocenters. The molecule has 1 aliphatic rings. The number of hydrogen-bond acceptors (Lipinski definition) is 2. The van der Waals surface area contributed by atoms with E-state index in [0.717, 1.165) is 31.6 Å². The summed E-state index contributed by atoms with van der Waals surface area (Å²) in [5, 5.41) is 10.4. The highest BCUT2D eigenvalue weighted by Gasteiger charge is 2.40. The predicted octanol–water partition coefficient (Wildman–Crippen LogP) is 3.38. The fourth-order valence-corrected chi connectivity index (χ4v) is 2.52. The Kier molecular flexibility index (Phi) is 5.25. The highest BCUT2D eigenvalue weighted by Crippen LogP contribution is 2.37. The van der Waals surface area contributed by atoms with Crippen molar-refractivity contribution in [1.29, 1.82) is 0 Å². The Balaban J connectivity index is 2.62. The monoisotopic (exact) mass is 252 g/mol. The van der Waals surface area contributed by atoms with Crippen LogP contribution in [0, 0.1) is 23.2 Å². The van der Waals surface area contributed by atoms with E-state index < -0.39 is 6.10 Å². The van der Waals surface area contributed by atoms with Gasteiger partial charge in [0.25, 0.3) is 0 Å². The smallest absolute Gasteiger partial charge is 0.0946 e. The minimum absolute atomic E-state index is 0.00103. The highest BCUT2D eigenvalue weighted by molar-refractivity contribution is 5.10. The summed E-state index contributed by atoms with van der Waals surface area (Å²) in [4.78, 5) is 0. The second kappa shape index (κ2) is 6.08. The van der Waals surface area contributed by atoms with Crippen LogP contribution in [0.5, 0.6) is 0 Å². The topological polar surface area (TPSA) is 29.5 Å². The van der Waals surface area contributed by atoms with Crippen LogP contribution in [0.25, 0.3) is 0 Å². The van der Waals surface area contributed by atoms with Crippen molar-refractivity contribution in [2.75, 3.05) is 7.11 Å². The Hall–Kier alpha value is -0.520. The number of aliphatic hydroxyl groups is 1. The van der Waals surface area contributed by atoms with Crippen LogP contribution in [0.15, 0.2) is 0 Å². The molecular weight excluding hydrogens is 224 g/mol. The normalized spacial score (nSPS) is 30.4. The first kappa shape index (κ1) is 15.5. The summed E-state index contributed by atoms with van der Waals surface area (Å²) in [5.74, 6) is 7.04. The maximum Gasteiger partial charge on any atom is 0.0946 e. The summed E-state index contributed by atoms with van der Waals surface area (Å²) in [6, 6.07) is 0. The molecule has 1 rings (SSSR count). The summed E-state index contributed by atoms with van der Waals surface area (Å²) in [6.07, 6.45) is 4.21. The first-order chi connectivity index (χ1) is 8.29. The van der Waals surface area contributed by atoms with Gasteiger partial charge in [0.15, 0.2) is 0 Å². The molecule has 1 saturated carbocycles. The van der Waals surface area contributed by atoms with Crippen molar-refractivity contribution in [3.8, 4) is 11.8 Å². The van der Waals surface area contributed by atoms with Gasteiger partial charge in [-0.1, -0.05) is 18.8 Å². The minimum atomic E-state index is -0.468. The van der Waals surface area contributed by atoms with Crippen LogP contribution >= 0.6 is 0 Å². The van der Waals surface area contributed by atoms with Crippen LogP contribution in [0.4, 0.5) is 0 Å². The predicted molar refractivity (Wildman–Crippen MR) is 75.2 cm³/mol. The molecule has 2 heteroatoms. The van der Waals surface area contributed by atoms with Crippen molar-refractivity contribution in [3.05, 3.63) is 0 Å². The van der Waals surface area contributed by atoms with Gasteiger partial charge in [-0.15, -0.1) is 0 Å². The summed E-state index contributed by atoms with van der Waals surface area (Å²) >= 11 is 0. The van der Waals surface area contributed by atoms with Crippen LogP contribution in [-0.4, -0.2) is 23.9 Å². The molecule has 0 aromatic heterocycles. The molecule has 0 aromatic carbocycles. The zero-order chi connectivity index (χ0) is 13.8. The van der Waals surface area contributed by atoms with E-state index in [2.05, 4.69) is 39.5 Å². The van der Waals surface area contributed by atoms with Crippen LogP contribution in [-0.2, 0) is 4.74 Å². The van der Waals surface area contributed by atoms with Crippen molar-refractivity contribution in [3.63, 3.8) is 0 Å². The van der Waals surface area contributed by atoms with E-state index in [1.165, 1.54) is 0 Å². The number of hydrogen-bond donors (Lipinski definition) is 1. The molecule has 0 bridgehead atoms. The van der Waals surface area contributed by atoms with Crippen LogP contribution in [0.3, 0.4) is 0 Å². The maximum absolute atomic E-state index is 10.4. The summed E-state index contributed by atoms with van der Waals surface area (Å²) in [6.45, 7) is 8.52. The molecule has 0 aromatic rings. The number of rotatable bonds is 3. The molecule has 1 unspecified atom stereocenters. The molecule has 0 saturated heterocycles. The van der Waals surface area contributed by atoms with Gasteiger partial charge < -0.3 is 9.84 Å². The summed E-state index contributed by atoms with van der Waals surface area (Å²) in [7, 11) is 1.72. The van der Waals surface area contributed by atoms with E-state index in [1.54, 1.807) is 7.11 Å². The highest BCUT2D eigenvalue weighted by atomic mass is 16.5. The Labute approximate surface area is 112 Å². The molecule has 0 spiro atoms. The molecule has 2 nitrogen and oxygen atoms in total. The molecule has 1 fully saturated rings. The lowest BCUT2D eigenvalue weighted by atomic mass is 9.75. The van der Waals surface area contributed by atoms with Gasteiger partial charge in [0.05, 0.1) is 11.7 Å². The van der Waals surface area contributed by atoms with E-state index in [-0.39, 0.29) is 11.0 Å².